The van der Waals surface area contributed by atoms with Crippen LogP contribution >= 0.6 is 12.2 Å². The number of amides is 1. The Morgan fingerprint density at radius 3 is 2.54 bits per heavy atom. The van der Waals surface area contributed by atoms with E-state index < -0.39 is 0 Å². The zero-order chi connectivity index (χ0) is 21.1. The lowest BCUT2D eigenvalue weighted by molar-refractivity contribution is -0.129. The average molecular weight is 403 g/mol. The quantitative estimate of drug-likeness (QED) is 0.320. The Bertz CT molecular complexity index is 706. The standard InChI is InChI=1S/C23H34N2O2S/c1-7-11-19(6)22(28)24-20-13-9-14-21(16-20)25(23(26)18(5)8-2)27-15-10-12-17(3)4/h9,13-14,16-19H,7-8,11,15H2,1-6H3,(H,24,28). The van der Waals surface area contributed by atoms with Gasteiger partial charge in [-0.25, -0.2) is 0 Å². The largest absolute Gasteiger partial charge is 0.350 e. The molecule has 28 heavy (non-hydrogen) atoms. The molecule has 0 aliphatic rings. The van der Waals surface area contributed by atoms with Crippen molar-refractivity contribution in [2.45, 2.75) is 60.8 Å². The Hall–Kier alpha value is -1.90. The predicted molar refractivity (Wildman–Crippen MR) is 122 cm³/mol. The molecule has 0 saturated carbocycles. The second-order valence-electron chi connectivity index (χ2n) is 7.42. The van der Waals surface area contributed by atoms with Crippen LogP contribution in [0.5, 0.6) is 0 Å². The van der Waals surface area contributed by atoms with Crippen molar-refractivity contribution >= 4 is 34.5 Å². The molecule has 1 rings (SSSR count). The molecule has 4 nitrogen and oxygen atoms in total. The number of carbonyl (C=O) groups is 1. The van der Waals surface area contributed by atoms with Crippen LogP contribution in [0.4, 0.5) is 11.4 Å². The second kappa shape index (κ2) is 12.5. The van der Waals surface area contributed by atoms with Gasteiger partial charge in [0.05, 0.1) is 10.7 Å². The van der Waals surface area contributed by atoms with Gasteiger partial charge in [0, 0.05) is 23.4 Å². The summed E-state index contributed by atoms with van der Waals surface area (Å²) in [5.41, 5.74) is 1.52. The monoisotopic (exact) mass is 402 g/mol. The minimum atomic E-state index is -0.139. The van der Waals surface area contributed by atoms with Gasteiger partial charge in [0.15, 0.2) is 0 Å². The smallest absolute Gasteiger partial charge is 0.253 e. The summed E-state index contributed by atoms with van der Waals surface area (Å²) in [5, 5.41) is 4.66. The first-order valence-electron chi connectivity index (χ1n) is 10.2. The molecule has 0 radical (unpaired) electrons. The molecule has 0 spiro atoms. The van der Waals surface area contributed by atoms with Crippen LogP contribution in [0.3, 0.4) is 0 Å². The number of nitrogens with one attached hydrogen (secondary N) is 1. The number of thiocarbonyl (C=S) groups is 1. The Morgan fingerprint density at radius 2 is 1.93 bits per heavy atom. The summed E-state index contributed by atoms with van der Waals surface area (Å²) < 4.78 is 0. The molecule has 0 heterocycles. The van der Waals surface area contributed by atoms with E-state index in [9.17, 15) is 4.79 Å². The zero-order valence-electron chi connectivity index (χ0n) is 18.0. The first kappa shape index (κ1) is 24.1. The van der Waals surface area contributed by atoms with E-state index in [1.54, 1.807) is 0 Å². The molecule has 0 saturated heterocycles. The fourth-order valence-corrected chi connectivity index (χ4v) is 2.76. The van der Waals surface area contributed by atoms with Gasteiger partial charge in [-0.05, 0) is 31.0 Å². The molecule has 0 aliphatic heterocycles. The summed E-state index contributed by atoms with van der Waals surface area (Å²) in [5.74, 6) is 6.38. The maximum atomic E-state index is 12.8. The molecule has 0 bridgehead atoms. The summed E-state index contributed by atoms with van der Waals surface area (Å²) in [7, 11) is 0. The summed E-state index contributed by atoms with van der Waals surface area (Å²) in [6.45, 7) is 12.4. The molecule has 2 unspecified atom stereocenters. The van der Waals surface area contributed by atoms with Gasteiger partial charge >= 0.3 is 0 Å². The van der Waals surface area contributed by atoms with E-state index in [2.05, 4.69) is 31.0 Å². The average Bonchev–Trinajstić information content (AvgIpc) is 2.67. The maximum Gasteiger partial charge on any atom is 0.253 e. The third-order valence-electron chi connectivity index (χ3n) is 4.41. The van der Waals surface area contributed by atoms with E-state index in [1.807, 2.05) is 52.0 Å². The number of carbonyl (C=O) groups excluding carboxylic acids is 1. The Balaban J connectivity index is 3.01. The van der Waals surface area contributed by atoms with Gasteiger partial charge in [0.25, 0.3) is 5.91 Å². The van der Waals surface area contributed by atoms with E-state index in [4.69, 9.17) is 17.1 Å². The second-order valence-corrected chi connectivity index (χ2v) is 7.86. The fourth-order valence-electron chi connectivity index (χ4n) is 2.52. The molecule has 154 valence electrons. The highest BCUT2D eigenvalue weighted by atomic mass is 32.1. The van der Waals surface area contributed by atoms with Crippen molar-refractivity contribution in [1.82, 2.24) is 0 Å². The number of benzene rings is 1. The van der Waals surface area contributed by atoms with Crippen LogP contribution in [0.1, 0.15) is 60.8 Å². The number of hydroxylamine groups is 1. The van der Waals surface area contributed by atoms with Crippen LogP contribution in [0.25, 0.3) is 0 Å². The van der Waals surface area contributed by atoms with Gasteiger partial charge in [-0.2, -0.15) is 5.06 Å². The first-order chi connectivity index (χ1) is 13.3. The number of anilines is 2. The van der Waals surface area contributed by atoms with Crippen molar-refractivity contribution in [3.05, 3.63) is 24.3 Å². The molecule has 5 heteroatoms. The first-order valence-corrected chi connectivity index (χ1v) is 10.6. The molecule has 1 aromatic rings. The topological polar surface area (TPSA) is 41.6 Å². The molecule has 0 fully saturated rings. The maximum absolute atomic E-state index is 12.8. The molecular formula is C23H34N2O2S. The van der Waals surface area contributed by atoms with Crippen molar-refractivity contribution < 1.29 is 9.63 Å². The van der Waals surface area contributed by atoms with Gasteiger partial charge in [-0.1, -0.05) is 78.1 Å². The van der Waals surface area contributed by atoms with Crippen LogP contribution in [0.2, 0.25) is 0 Å². The SMILES string of the molecule is CCCC(C)C(=S)Nc1cccc(N(OCC#CC(C)C)C(=O)C(C)CC)c1. The van der Waals surface area contributed by atoms with E-state index in [-0.39, 0.29) is 24.3 Å². The molecule has 1 amide bonds. The lowest BCUT2D eigenvalue weighted by Gasteiger charge is -2.24. The van der Waals surface area contributed by atoms with Crippen molar-refractivity contribution in [3.8, 4) is 11.8 Å². The van der Waals surface area contributed by atoms with Crippen molar-refractivity contribution in [2.75, 3.05) is 17.0 Å². The lowest BCUT2D eigenvalue weighted by atomic mass is 10.1. The summed E-state index contributed by atoms with van der Waals surface area (Å²) in [4.78, 5) is 19.4. The van der Waals surface area contributed by atoms with Gasteiger partial charge in [0.2, 0.25) is 0 Å². The highest BCUT2D eigenvalue weighted by Crippen LogP contribution is 2.23. The van der Waals surface area contributed by atoms with Gasteiger partial charge in [0.1, 0.15) is 6.61 Å². The summed E-state index contributed by atoms with van der Waals surface area (Å²) in [6, 6.07) is 7.59. The van der Waals surface area contributed by atoms with Crippen molar-refractivity contribution in [1.29, 1.82) is 0 Å². The highest BCUT2D eigenvalue weighted by Gasteiger charge is 2.22. The Kier molecular flexibility index (Phi) is 10.8. The number of nitrogens with zero attached hydrogens (tertiary/aromatic N) is 1. The molecular weight excluding hydrogens is 368 g/mol. The van der Waals surface area contributed by atoms with E-state index in [0.717, 1.165) is 29.9 Å². The van der Waals surface area contributed by atoms with Crippen LogP contribution in [-0.4, -0.2) is 17.5 Å². The van der Waals surface area contributed by atoms with Gasteiger partial charge in [-0.3, -0.25) is 9.63 Å². The molecule has 2 atom stereocenters. The summed E-state index contributed by atoms with van der Waals surface area (Å²) in [6.07, 6.45) is 2.88. The van der Waals surface area contributed by atoms with Gasteiger partial charge in [-0.15, -0.1) is 0 Å². The molecule has 0 aromatic heterocycles. The molecule has 1 N–H and O–H groups in total. The van der Waals surface area contributed by atoms with Crippen LogP contribution in [0, 0.1) is 29.6 Å². The molecule has 0 aliphatic carbocycles. The van der Waals surface area contributed by atoms with Crippen LogP contribution < -0.4 is 10.4 Å². The number of rotatable bonds is 9. The zero-order valence-corrected chi connectivity index (χ0v) is 18.9. The van der Waals surface area contributed by atoms with E-state index in [1.165, 1.54) is 5.06 Å². The fraction of sp³-hybridized carbons (Fsp3) is 0.565. The number of hydrogen-bond donors (Lipinski definition) is 1. The van der Waals surface area contributed by atoms with Crippen molar-refractivity contribution in [3.63, 3.8) is 0 Å². The van der Waals surface area contributed by atoms with Crippen LogP contribution in [0.15, 0.2) is 24.3 Å². The Labute approximate surface area is 176 Å². The highest BCUT2D eigenvalue weighted by molar-refractivity contribution is 7.80. The third kappa shape index (κ3) is 8.00. The minimum absolute atomic E-state index is 0.0760. The van der Waals surface area contributed by atoms with Crippen molar-refractivity contribution in [2.24, 2.45) is 17.8 Å². The van der Waals surface area contributed by atoms with E-state index in [0.29, 0.717) is 11.6 Å². The normalized spacial score (nSPS) is 12.7. The van der Waals surface area contributed by atoms with Gasteiger partial charge < -0.3 is 5.32 Å². The Morgan fingerprint density at radius 1 is 1.21 bits per heavy atom. The predicted octanol–water partition coefficient (Wildman–Crippen LogP) is 5.83. The lowest BCUT2D eigenvalue weighted by Crippen LogP contribution is -2.35. The van der Waals surface area contributed by atoms with Crippen LogP contribution in [-0.2, 0) is 9.63 Å². The van der Waals surface area contributed by atoms with E-state index >= 15 is 0 Å². The number of hydrogen-bond acceptors (Lipinski definition) is 3. The third-order valence-corrected chi connectivity index (χ3v) is 4.91. The summed E-state index contributed by atoms with van der Waals surface area (Å²) >= 11 is 5.51. The minimum Gasteiger partial charge on any atom is -0.350 e. The molecule has 1 aromatic carbocycles.